The molecule has 1 amide bonds. The SMILES string of the molecule is Cc1ncc2c(c1CNC(=O)CSc1ccccc1)CCN(Cc1ccc3c(c1)CCO3)C2. The van der Waals surface area contributed by atoms with Gasteiger partial charge in [-0.1, -0.05) is 30.3 Å². The first kappa shape index (κ1) is 22.0. The standard InChI is InChI=1S/C27H29N3O2S/c1-19-25(15-29-27(31)18-33-23-5-3-2-4-6-23)24-9-11-30(17-22(24)14-28-19)16-20-7-8-26-21(13-20)10-12-32-26/h2-8,13-14H,9-12,15-18H2,1H3,(H,29,31). The van der Waals surface area contributed by atoms with Crippen LogP contribution in [-0.2, 0) is 37.3 Å². The summed E-state index contributed by atoms with van der Waals surface area (Å²) >= 11 is 1.56. The molecule has 6 heteroatoms. The lowest BCUT2D eigenvalue weighted by molar-refractivity contribution is -0.118. The van der Waals surface area contributed by atoms with Crippen molar-refractivity contribution in [3.05, 3.63) is 88.2 Å². The molecule has 5 rings (SSSR count). The van der Waals surface area contributed by atoms with Crippen LogP contribution in [0.3, 0.4) is 0 Å². The van der Waals surface area contributed by atoms with E-state index in [1.807, 2.05) is 43.5 Å². The van der Waals surface area contributed by atoms with E-state index < -0.39 is 0 Å². The average Bonchev–Trinajstić information content (AvgIpc) is 3.31. The van der Waals surface area contributed by atoms with Crippen LogP contribution in [0.1, 0.15) is 33.5 Å². The van der Waals surface area contributed by atoms with Crippen molar-refractivity contribution in [3.63, 3.8) is 0 Å². The van der Waals surface area contributed by atoms with E-state index in [2.05, 4.69) is 33.4 Å². The Labute approximate surface area is 199 Å². The van der Waals surface area contributed by atoms with Gasteiger partial charge in [0, 0.05) is 49.4 Å². The summed E-state index contributed by atoms with van der Waals surface area (Å²) in [7, 11) is 0. The van der Waals surface area contributed by atoms with E-state index in [9.17, 15) is 4.79 Å². The summed E-state index contributed by atoms with van der Waals surface area (Å²) in [5.41, 5.74) is 7.49. The molecule has 0 aliphatic carbocycles. The molecule has 0 spiro atoms. The summed E-state index contributed by atoms with van der Waals surface area (Å²) in [4.78, 5) is 20.7. The van der Waals surface area contributed by atoms with Crippen LogP contribution in [-0.4, -0.2) is 34.7 Å². The van der Waals surface area contributed by atoms with Crippen LogP contribution in [0.4, 0.5) is 0 Å². The van der Waals surface area contributed by atoms with Crippen LogP contribution in [0.2, 0.25) is 0 Å². The molecule has 0 saturated heterocycles. The molecule has 0 fully saturated rings. The molecule has 2 aromatic carbocycles. The molecule has 170 valence electrons. The number of hydrogen-bond donors (Lipinski definition) is 1. The molecular formula is C27H29N3O2S. The summed E-state index contributed by atoms with van der Waals surface area (Å²) in [6, 6.07) is 16.6. The number of thioether (sulfide) groups is 1. The highest BCUT2D eigenvalue weighted by Crippen LogP contribution is 2.28. The number of fused-ring (bicyclic) bond motifs is 2. The number of carbonyl (C=O) groups excluding carboxylic acids is 1. The van der Waals surface area contributed by atoms with Gasteiger partial charge in [0.05, 0.1) is 12.4 Å². The molecule has 1 N–H and O–H groups in total. The maximum absolute atomic E-state index is 12.4. The molecule has 5 nitrogen and oxygen atoms in total. The molecule has 0 unspecified atom stereocenters. The maximum Gasteiger partial charge on any atom is 0.230 e. The van der Waals surface area contributed by atoms with E-state index >= 15 is 0 Å². The zero-order chi connectivity index (χ0) is 22.6. The first-order valence-electron chi connectivity index (χ1n) is 11.5. The molecule has 1 aromatic heterocycles. The van der Waals surface area contributed by atoms with E-state index in [0.29, 0.717) is 12.3 Å². The van der Waals surface area contributed by atoms with Crippen LogP contribution in [0.15, 0.2) is 59.6 Å². The summed E-state index contributed by atoms with van der Waals surface area (Å²) < 4.78 is 5.64. The van der Waals surface area contributed by atoms with Gasteiger partial charge in [-0.25, -0.2) is 0 Å². The van der Waals surface area contributed by atoms with Crippen molar-refractivity contribution in [2.45, 2.75) is 44.3 Å². The second-order valence-electron chi connectivity index (χ2n) is 8.71. The van der Waals surface area contributed by atoms with Crippen LogP contribution >= 0.6 is 11.8 Å². The van der Waals surface area contributed by atoms with Crippen molar-refractivity contribution < 1.29 is 9.53 Å². The fraction of sp³-hybridized carbons (Fsp3) is 0.333. The average molecular weight is 460 g/mol. The quantitative estimate of drug-likeness (QED) is 0.534. The van der Waals surface area contributed by atoms with Gasteiger partial charge in [-0.3, -0.25) is 14.7 Å². The molecule has 2 aliphatic rings. The van der Waals surface area contributed by atoms with Crippen molar-refractivity contribution in [1.82, 2.24) is 15.2 Å². The van der Waals surface area contributed by atoms with Crippen LogP contribution in [0, 0.1) is 6.92 Å². The molecule has 33 heavy (non-hydrogen) atoms. The second kappa shape index (κ2) is 9.98. The fourth-order valence-electron chi connectivity index (χ4n) is 4.65. The van der Waals surface area contributed by atoms with E-state index in [-0.39, 0.29) is 5.91 Å². The highest BCUT2D eigenvalue weighted by molar-refractivity contribution is 8.00. The smallest absolute Gasteiger partial charge is 0.230 e. The van der Waals surface area contributed by atoms with E-state index in [0.717, 1.165) is 55.4 Å². The lowest BCUT2D eigenvalue weighted by Crippen LogP contribution is -2.32. The van der Waals surface area contributed by atoms with Crippen LogP contribution < -0.4 is 10.1 Å². The Kier molecular flexibility index (Phi) is 6.65. The zero-order valence-corrected chi connectivity index (χ0v) is 19.8. The lowest BCUT2D eigenvalue weighted by atomic mass is 9.94. The van der Waals surface area contributed by atoms with Crippen molar-refractivity contribution in [2.75, 3.05) is 18.9 Å². The van der Waals surface area contributed by atoms with E-state index in [1.165, 1.54) is 27.8 Å². The second-order valence-corrected chi connectivity index (χ2v) is 9.75. The minimum atomic E-state index is 0.0545. The van der Waals surface area contributed by atoms with Crippen molar-refractivity contribution in [2.24, 2.45) is 0 Å². The number of benzene rings is 2. The van der Waals surface area contributed by atoms with Gasteiger partial charge in [-0.2, -0.15) is 0 Å². The van der Waals surface area contributed by atoms with Gasteiger partial charge in [0.25, 0.3) is 0 Å². The molecule has 0 radical (unpaired) electrons. The third-order valence-corrected chi connectivity index (χ3v) is 7.42. The molecule has 2 aliphatic heterocycles. The monoisotopic (exact) mass is 459 g/mol. The van der Waals surface area contributed by atoms with Gasteiger partial charge in [0.15, 0.2) is 0 Å². The molecular weight excluding hydrogens is 430 g/mol. The van der Waals surface area contributed by atoms with E-state index in [1.54, 1.807) is 11.8 Å². The number of nitrogens with one attached hydrogen (secondary N) is 1. The van der Waals surface area contributed by atoms with Crippen LogP contribution in [0.25, 0.3) is 0 Å². The summed E-state index contributed by atoms with van der Waals surface area (Å²) in [6.45, 7) is 6.21. The first-order valence-corrected chi connectivity index (χ1v) is 12.5. The Bertz CT molecular complexity index is 1150. The van der Waals surface area contributed by atoms with Crippen molar-refractivity contribution >= 4 is 17.7 Å². The van der Waals surface area contributed by atoms with Crippen molar-refractivity contribution in [3.8, 4) is 5.75 Å². The summed E-state index contributed by atoms with van der Waals surface area (Å²) in [6.07, 6.45) is 4.01. The number of aryl methyl sites for hydroxylation is 1. The highest BCUT2D eigenvalue weighted by atomic mass is 32.2. The van der Waals surface area contributed by atoms with Crippen LogP contribution in [0.5, 0.6) is 5.75 Å². The number of carbonyl (C=O) groups is 1. The Morgan fingerprint density at radius 1 is 1.15 bits per heavy atom. The van der Waals surface area contributed by atoms with Gasteiger partial charge in [0.1, 0.15) is 5.75 Å². The Hall–Kier alpha value is -2.83. The fourth-order valence-corrected chi connectivity index (χ4v) is 5.40. The normalized spacial score (nSPS) is 14.9. The highest BCUT2D eigenvalue weighted by Gasteiger charge is 2.22. The summed E-state index contributed by atoms with van der Waals surface area (Å²) in [5.74, 6) is 1.51. The third kappa shape index (κ3) is 5.23. The Morgan fingerprint density at radius 2 is 2.03 bits per heavy atom. The van der Waals surface area contributed by atoms with Gasteiger partial charge in [-0.05, 0) is 59.4 Å². The minimum absolute atomic E-state index is 0.0545. The molecule has 0 saturated carbocycles. The molecule has 0 bridgehead atoms. The number of hydrogen-bond acceptors (Lipinski definition) is 5. The van der Waals surface area contributed by atoms with Gasteiger partial charge >= 0.3 is 0 Å². The molecule has 3 aromatic rings. The topological polar surface area (TPSA) is 54.5 Å². The minimum Gasteiger partial charge on any atom is -0.493 e. The number of aromatic nitrogens is 1. The predicted molar refractivity (Wildman–Crippen MR) is 131 cm³/mol. The number of amides is 1. The zero-order valence-electron chi connectivity index (χ0n) is 19.0. The maximum atomic E-state index is 12.4. The number of nitrogens with zero attached hydrogens (tertiary/aromatic N) is 2. The van der Waals surface area contributed by atoms with Gasteiger partial charge < -0.3 is 10.1 Å². The Morgan fingerprint density at radius 3 is 2.91 bits per heavy atom. The predicted octanol–water partition coefficient (Wildman–Crippen LogP) is 4.29. The van der Waals surface area contributed by atoms with Crippen molar-refractivity contribution in [1.29, 1.82) is 0 Å². The molecule has 3 heterocycles. The largest absolute Gasteiger partial charge is 0.493 e. The molecule has 0 atom stereocenters. The third-order valence-electron chi connectivity index (χ3n) is 6.41. The van der Waals surface area contributed by atoms with Gasteiger partial charge in [0.2, 0.25) is 5.91 Å². The Balaban J connectivity index is 1.20. The number of pyridine rings is 1. The lowest BCUT2D eigenvalue weighted by Gasteiger charge is -2.30. The first-order chi connectivity index (χ1) is 16.2. The van der Waals surface area contributed by atoms with E-state index in [4.69, 9.17) is 4.74 Å². The summed E-state index contributed by atoms with van der Waals surface area (Å²) in [5, 5.41) is 3.11. The van der Waals surface area contributed by atoms with Gasteiger partial charge in [-0.15, -0.1) is 11.8 Å². The number of ether oxygens (including phenoxy) is 1. The number of rotatable bonds is 7.